The number of anilines is 1. The van der Waals surface area contributed by atoms with Gasteiger partial charge in [0.2, 0.25) is 0 Å². The maximum Gasteiger partial charge on any atom is 0.261 e. The van der Waals surface area contributed by atoms with Gasteiger partial charge in [0.25, 0.3) is 10.0 Å². The molecule has 0 aliphatic heterocycles. The summed E-state index contributed by atoms with van der Waals surface area (Å²) in [7, 11) is -4.11. The molecule has 0 aliphatic rings. The van der Waals surface area contributed by atoms with Crippen molar-refractivity contribution in [3.05, 3.63) is 53.6 Å². The number of hydrogen-bond acceptors (Lipinski definition) is 4. The lowest BCUT2D eigenvalue weighted by Crippen LogP contribution is -2.13. The molecule has 2 aromatic rings. The van der Waals surface area contributed by atoms with Crippen LogP contribution in [0, 0.1) is 23.0 Å². The molecular formula is C13H8F2N2O3S. The second kappa shape index (κ2) is 5.38. The molecule has 108 valence electrons. The molecule has 0 spiro atoms. The highest BCUT2D eigenvalue weighted by Crippen LogP contribution is 2.22. The summed E-state index contributed by atoms with van der Waals surface area (Å²) in [5.41, 5.74) is -0.539. The topological polar surface area (TPSA) is 90.2 Å². The molecule has 0 unspecified atom stereocenters. The third-order valence-corrected chi connectivity index (χ3v) is 3.95. The van der Waals surface area contributed by atoms with Crippen molar-refractivity contribution in [1.29, 1.82) is 5.26 Å². The van der Waals surface area contributed by atoms with Crippen molar-refractivity contribution in [1.82, 2.24) is 0 Å². The quantitative estimate of drug-likeness (QED) is 0.851. The molecule has 0 radical (unpaired) electrons. The van der Waals surface area contributed by atoms with Crippen LogP contribution >= 0.6 is 0 Å². The summed E-state index contributed by atoms with van der Waals surface area (Å²) in [6.07, 6.45) is 0. The third-order valence-electron chi connectivity index (χ3n) is 2.57. The highest BCUT2D eigenvalue weighted by atomic mass is 32.2. The highest BCUT2D eigenvalue weighted by molar-refractivity contribution is 7.92. The van der Waals surface area contributed by atoms with Crippen LogP contribution in [-0.2, 0) is 10.0 Å². The van der Waals surface area contributed by atoms with Crippen molar-refractivity contribution < 1.29 is 22.3 Å². The first-order chi connectivity index (χ1) is 9.83. The first kappa shape index (κ1) is 14.7. The highest BCUT2D eigenvalue weighted by Gasteiger charge is 2.17. The summed E-state index contributed by atoms with van der Waals surface area (Å²) in [5.74, 6) is -2.45. The smallest absolute Gasteiger partial charge is 0.261 e. The predicted octanol–water partition coefficient (Wildman–Crippen LogP) is 2.34. The fraction of sp³-hybridized carbons (Fsp3) is 0. The molecule has 0 bridgehead atoms. The van der Waals surface area contributed by atoms with Gasteiger partial charge in [-0.15, -0.1) is 0 Å². The van der Waals surface area contributed by atoms with Crippen molar-refractivity contribution in [3.8, 4) is 11.8 Å². The number of halogens is 2. The number of sulfonamides is 1. The molecule has 0 fully saturated rings. The molecule has 0 saturated carbocycles. The van der Waals surface area contributed by atoms with Gasteiger partial charge in [0.05, 0.1) is 16.1 Å². The number of nitriles is 1. The average Bonchev–Trinajstić information content (AvgIpc) is 2.43. The van der Waals surface area contributed by atoms with E-state index in [-0.39, 0.29) is 10.6 Å². The summed E-state index contributed by atoms with van der Waals surface area (Å²) in [6, 6.07) is 7.17. The van der Waals surface area contributed by atoms with Crippen molar-refractivity contribution in [2.75, 3.05) is 4.72 Å². The van der Waals surface area contributed by atoms with Gasteiger partial charge in [-0.3, -0.25) is 4.72 Å². The molecule has 0 aliphatic carbocycles. The third kappa shape index (κ3) is 3.09. The minimum Gasteiger partial charge on any atom is -0.505 e. The molecule has 2 aromatic carbocycles. The predicted molar refractivity (Wildman–Crippen MR) is 70.0 cm³/mol. The zero-order valence-electron chi connectivity index (χ0n) is 10.3. The minimum absolute atomic E-state index is 0.117. The zero-order chi connectivity index (χ0) is 15.6. The number of benzene rings is 2. The molecule has 0 heterocycles. The summed E-state index contributed by atoms with van der Waals surface area (Å²) in [6.45, 7) is 0. The van der Waals surface area contributed by atoms with E-state index in [9.17, 15) is 17.2 Å². The molecule has 2 N–H and O–H groups in total. The number of nitrogens with one attached hydrogen (secondary N) is 1. The van der Waals surface area contributed by atoms with E-state index in [4.69, 9.17) is 10.4 Å². The Bertz CT molecular complexity index is 845. The largest absolute Gasteiger partial charge is 0.505 e. The molecule has 21 heavy (non-hydrogen) atoms. The van der Waals surface area contributed by atoms with E-state index in [0.717, 1.165) is 36.4 Å². The first-order valence-corrected chi connectivity index (χ1v) is 7.03. The molecular weight excluding hydrogens is 302 g/mol. The Labute approximate surface area is 119 Å². The molecule has 0 aromatic heterocycles. The van der Waals surface area contributed by atoms with E-state index in [0.29, 0.717) is 0 Å². The molecule has 0 saturated heterocycles. The second-order valence-electron chi connectivity index (χ2n) is 4.03. The van der Waals surface area contributed by atoms with Gasteiger partial charge in [0.15, 0.2) is 11.6 Å². The fourth-order valence-corrected chi connectivity index (χ4v) is 2.62. The van der Waals surface area contributed by atoms with Crippen LogP contribution in [0.25, 0.3) is 0 Å². The van der Waals surface area contributed by atoms with E-state index in [1.807, 2.05) is 0 Å². The summed E-state index contributed by atoms with van der Waals surface area (Å²) < 4.78 is 52.5. The van der Waals surface area contributed by atoms with Crippen molar-refractivity contribution in [2.24, 2.45) is 0 Å². The normalized spacial score (nSPS) is 10.9. The van der Waals surface area contributed by atoms with Crippen LogP contribution in [0.5, 0.6) is 5.75 Å². The minimum atomic E-state index is -4.11. The Morgan fingerprint density at radius 3 is 2.43 bits per heavy atom. The van der Waals surface area contributed by atoms with Crippen LogP contribution in [0.4, 0.5) is 14.5 Å². The Balaban J connectivity index is 2.38. The van der Waals surface area contributed by atoms with E-state index >= 15 is 0 Å². The van der Waals surface area contributed by atoms with Gasteiger partial charge in [-0.05, 0) is 30.3 Å². The van der Waals surface area contributed by atoms with Crippen LogP contribution in [0.3, 0.4) is 0 Å². The molecule has 0 amide bonds. The van der Waals surface area contributed by atoms with Crippen LogP contribution < -0.4 is 4.72 Å². The Kier molecular flexibility index (Phi) is 3.78. The summed E-state index contributed by atoms with van der Waals surface area (Å²) in [5, 5.41) is 17.7. The van der Waals surface area contributed by atoms with Gasteiger partial charge in [-0.1, -0.05) is 0 Å². The zero-order valence-corrected chi connectivity index (χ0v) is 11.2. The second-order valence-corrected chi connectivity index (χ2v) is 5.71. The maximum absolute atomic E-state index is 13.2. The summed E-state index contributed by atoms with van der Waals surface area (Å²) in [4.78, 5) is -0.339. The number of nitrogens with zero attached hydrogens (tertiary/aromatic N) is 1. The standard InChI is InChI=1S/C13H8F2N2O3S/c14-11-3-2-10(5-8(11)7-16)21(19,20)17-9-1-4-13(18)12(15)6-9/h1-6,17-18H. The average molecular weight is 310 g/mol. The number of phenolic OH excluding ortho intramolecular Hbond substituents is 1. The van der Waals surface area contributed by atoms with Crippen LogP contribution in [0.2, 0.25) is 0 Å². The number of rotatable bonds is 3. The van der Waals surface area contributed by atoms with Gasteiger partial charge in [0.1, 0.15) is 11.9 Å². The lowest BCUT2D eigenvalue weighted by atomic mass is 10.2. The van der Waals surface area contributed by atoms with E-state index < -0.39 is 33.0 Å². The Hall–Kier alpha value is -2.66. The Morgan fingerprint density at radius 2 is 1.81 bits per heavy atom. The number of hydrogen-bond donors (Lipinski definition) is 2. The van der Waals surface area contributed by atoms with Gasteiger partial charge in [0, 0.05) is 6.07 Å². The van der Waals surface area contributed by atoms with Crippen LogP contribution in [0.15, 0.2) is 41.3 Å². The van der Waals surface area contributed by atoms with E-state index in [1.165, 1.54) is 6.07 Å². The van der Waals surface area contributed by atoms with Crippen LogP contribution in [0.1, 0.15) is 5.56 Å². The molecule has 5 nitrogen and oxygen atoms in total. The van der Waals surface area contributed by atoms with Gasteiger partial charge < -0.3 is 5.11 Å². The Morgan fingerprint density at radius 1 is 1.10 bits per heavy atom. The number of phenols is 1. The van der Waals surface area contributed by atoms with Crippen molar-refractivity contribution in [2.45, 2.75) is 4.90 Å². The first-order valence-electron chi connectivity index (χ1n) is 5.54. The SMILES string of the molecule is N#Cc1cc(S(=O)(=O)Nc2ccc(O)c(F)c2)ccc1F. The van der Waals surface area contributed by atoms with Gasteiger partial charge in [-0.2, -0.15) is 5.26 Å². The summed E-state index contributed by atoms with van der Waals surface area (Å²) >= 11 is 0. The van der Waals surface area contributed by atoms with Crippen LogP contribution in [-0.4, -0.2) is 13.5 Å². The van der Waals surface area contributed by atoms with Gasteiger partial charge >= 0.3 is 0 Å². The molecule has 8 heteroatoms. The van der Waals surface area contributed by atoms with E-state index in [2.05, 4.69) is 4.72 Å². The van der Waals surface area contributed by atoms with E-state index in [1.54, 1.807) is 0 Å². The fourth-order valence-electron chi connectivity index (χ4n) is 1.54. The maximum atomic E-state index is 13.2. The van der Waals surface area contributed by atoms with Crippen molar-refractivity contribution in [3.63, 3.8) is 0 Å². The lowest BCUT2D eigenvalue weighted by molar-refractivity contribution is 0.432. The number of aromatic hydroxyl groups is 1. The molecule has 0 atom stereocenters. The monoisotopic (exact) mass is 310 g/mol. The molecule has 2 rings (SSSR count). The van der Waals surface area contributed by atoms with Gasteiger partial charge in [-0.25, -0.2) is 17.2 Å². The lowest BCUT2D eigenvalue weighted by Gasteiger charge is -2.09. The van der Waals surface area contributed by atoms with Crippen molar-refractivity contribution >= 4 is 15.7 Å².